The van der Waals surface area contributed by atoms with E-state index in [9.17, 15) is 4.79 Å². The van der Waals surface area contributed by atoms with Crippen molar-refractivity contribution in [3.05, 3.63) is 12.7 Å². The second kappa shape index (κ2) is 5.88. The number of rotatable bonds is 4. The molecule has 0 aromatic heterocycles. The van der Waals surface area contributed by atoms with Gasteiger partial charge in [0.15, 0.2) is 0 Å². The Bertz CT molecular complexity index is 231. The second-order valence-corrected chi connectivity index (χ2v) is 3.94. The lowest BCUT2D eigenvalue weighted by molar-refractivity contribution is -0.129. The van der Waals surface area contributed by atoms with Gasteiger partial charge in [0.1, 0.15) is 6.04 Å². The highest BCUT2D eigenvalue weighted by Gasteiger charge is 2.28. The minimum atomic E-state index is -0.231. The number of carbonyl (C=O) groups excluding carboxylic acids is 1. The van der Waals surface area contributed by atoms with Crippen LogP contribution in [-0.2, 0) is 9.53 Å². The van der Waals surface area contributed by atoms with E-state index in [1.807, 2.05) is 13.8 Å². The zero-order valence-corrected chi connectivity index (χ0v) is 9.45. The molecular formula is C11H20N2O2. The molecule has 15 heavy (non-hydrogen) atoms. The summed E-state index contributed by atoms with van der Waals surface area (Å²) in [7, 11) is 0. The molecule has 0 aliphatic carbocycles. The van der Waals surface area contributed by atoms with Gasteiger partial charge < -0.3 is 15.4 Å². The first-order valence-corrected chi connectivity index (χ1v) is 5.41. The van der Waals surface area contributed by atoms with E-state index in [1.165, 1.54) is 0 Å². The Labute approximate surface area is 91.1 Å². The van der Waals surface area contributed by atoms with Crippen LogP contribution in [0.25, 0.3) is 0 Å². The fourth-order valence-electron chi connectivity index (χ4n) is 1.67. The van der Waals surface area contributed by atoms with Gasteiger partial charge in [-0.1, -0.05) is 6.08 Å². The molecule has 1 aliphatic rings. The molecule has 1 heterocycles. The SMILES string of the molecule is C=CCC(C)NC(=O)[C@H]1NCCO[C@@H]1C. The highest BCUT2D eigenvalue weighted by Crippen LogP contribution is 2.04. The first-order chi connectivity index (χ1) is 7.15. The van der Waals surface area contributed by atoms with Crippen LogP contribution in [0.15, 0.2) is 12.7 Å². The Kier molecular flexibility index (Phi) is 4.78. The van der Waals surface area contributed by atoms with Crippen LogP contribution in [0, 0.1) is 0 Å². The van der Waals surface area contributed by atoms with E-state index in [4.69, 9.17) is 4.74 Å². The lowest BCUT2D eigenvalue weighted by Crippen LogP contribution is -2.56. The van der Waals surface area contributed by atoms with Gasteiger partial charge in [-0.15, -0.1) is 6.58 Å². The average Bonchev–Trinajstić information content (AvgIpc) is 2.18. The third-order valence-corrected chi connectivity index (χ3v) is 2.51. The van der Waals surface area contributed by atoms with Gasteiger partial charge in [-0.05, 0) is 20.3 Å². The molecule has 1 unspecified atom stereocenters. The van der Waals surface area contributed by atoms with Crippen LogP contribution < -0.4 is 10.6 Å². The zero-order chi connectivity index (χ0) is 11.3. The van der Waals surface area contributed by atoms with Crippen molar-refractivity contribution < 1.29 is 9.53 Å². The summed E-state index contributed by atoms with van der Waals surface area (Å²) >= 11 is 0. The molecule has 1 fully saturated rings. The molecule has 1 amide bonds. The third kappa shape index (κ3) is 3.64. The molecule has 1 saturated heterocycles. The van der Waals surface area contributed by atoms with Crippen molar-refractivity contribution >= 4 is 5.91 Å². The molecule has 3 atom stereocenters. The molecule has 0 bridgehead atoms. The highest BCUT2D eigenvalue weighted by molar-refractivity contribution is 5.82. The van der Waals surface area contributed by atoms with Gasteiger partial charge in [0.2, 0.25) is 5.91 Å². The Morgan fingerprint density at radius 3 is 3.13 bits per heavy atom. The van der Waals surface area contributed by atoms with E-state index in [0.717, 1.165) is 13.0 Å². The topological polar surface area (TPSA) is 50.4 Å². The van der Waals surface area contributed by atoms with Crippen molar-refractivity contribution in [3.63, 3.8) is 0 Å². The molecule has 4 nitrogen and oxygen atoms in total. The molecular weight excluding hydrogens is 192 g/mol. The van der Waals surface area contributed by atoms with Gasteiger partial charge in [0.25, 0.3) is 0 Å². The first-order valence-electron chi connectivity index (χ1n) is 5.41. The number of carbonyl (C=O) groups is 1. The molecule has 0 radical (unpaired) electrons. The highest BCUT2D eigenvalue weighted by atomic mass is 16.5. The number of hydrogen-bond acceptors (Lipinski definition) is 3. The lowest BCUT2D eigenvalue weighted by Gasteiger charge is -2.30. The van der Waals surface area contributed by atoms with Crippen LogP contribution in [0.1, 0.15) is 20.3 Å². The fourth-order valence-corrected chi connectivity index (χ4v) is 1.67. The fraction of sp³-hybridized carbons (Fsp3) is 0.727. The van der Waals surface area contributed by atoms with Crippen LogP contribution in [0.3, 0.4) is 0 Å². The molecule has 0 aromatic carbocycles. The standard InChI is InChI=1S/C11H20N2O2/c1-4-5-8(2)13-11(14)10-9(3)15-7-6-12-10/h4,8-10,12H,1,5-7H2,2-3H3,(H,13,14)/t8?,9-,10+/m1/s1. The quantitative estimate of drug-likeness (QED) is 0.665. The maximum atomic E-state index is 11.8. The zero-order valence-electron chi connectivity index (χ0n) is 9.45. The Balaban J connectivity index is 2.41. The number of hydrogen-bond donors (Lipinski definition) is 2. The number of morpholine rings is 1. The van der Waals surface area contributed by atoms with Crippen molar-refractivity contribution in [3.8, 4) is 0 Å². The Morgan fingerprint density at radius 2 is 2.53 bits per heavy atom. The molecule has 0 saturated carbocycles. The van der Waals surface area contributed by atoms with Crippen LogP contribution in [-0.4, -0.2) is 37.2 Å². The molecule has 2 N–H and O–H groups in total. The van der Waals surface area contributed by atoms with E-state index in [-0.39, 0.29) is 24.1 Å². The summed E-state index contributed by atoms with van der Waals surface area (Å²) in [6, 6.07) is -0.100. The predicted octanol–water partition coefficient (Wildman–Crippen LogP) is 0.444. The summed E-state index contributed by atoms with van der Waals surface area (Å²) in [6.07, 6.45) is 2.53. The van der Waals surface area contributed by atoms with Gasteiger partial charge in [-0.2, -0.15) is 0 Å². The Morgan fingerprint density at radius 1 is 1.80 bits per heavy atom. The molecule has 0 spiro atoms. The average molecular weight is 212 g/mol. The van der Waals surface area contributed by atoms with Crippen molar-refractivity contribution in [2.24, 2.45) is 0 Å². The van der Waals surface area contributed by atoms with E-state index in [2.05, 4.69) is 17.2 Å². The van der Waals surface area contributed by atoms with Gasteiger partial charge >= 0.3 is 0 Å². The number of amides is 1. The molecule has 0 aromatic rings. The molecule has 86 valence electrons. The second-order valence-electron chi connectivity index (χ2n) is 3.94. The third-order valence-electron chi connectivity index (χ3n) is 2.51. The molecule has 1 aliphatic heterocycles. The van der Waals surface area contributed by atoms with Crippen LogP contribution in [0.5, 0.6) is 0 Å². The summed E-state index contributed by atoms with van der Waals surface area (Å²) in [5.74, 6) is 0.0107. The Hall–Kier alpha value is -0.870. The predicted molar refractivity (Wildman–Crippen MR) is 59.6 cm³/mol. The first kappa shape index (κ1) is 12.2. The summed E-state index contributed by atoms with van der Waals surface area (Å²) in [6.45, 7) is 8.93. The monoisotopic (exact) mass is 212 g/mol. The van der Waals surface area contributed by atoms with Gasteiger partial charge in [0.05, 0.1) is 12.7 Å². The van der Waals surface area contributed by atoms with Crippen LogP contribution >= 0.6 is 0 Å². The van der Waals surface area contributed by atoms with Gasteiger partial charge in [0, 0.05) is 12.6 Å². The summed E-state index contributed by atoms with van der Waals surface area (Å²) in [5.41, 5.74) is 0. The van der Waals surface area contributed by atoms with E-state index in [0.29, 0.717) is 6.61 Å². The molecule has 4 heteroatoms. The van der Waals surface area contributed by atoms with Crippen LogP contribution in [0.4, 0.5) is 0 Å². The molecule has 1 rings (SSSR count). The van der Waals surface area contributed by atoms with Gasteiger partial charge in [-0.25, -0.2) is 0 Å². The summed E-state index contributed by atoms with van der Waals surface area (Å²) in [5, 5.41) is 6.08. The maximum absolute atomic E-state index is 11.8. The van der Waals surface area contributed by atoms with Crippen molar-refractivity contribution in [1.29, 1.82) is 0 Å². The van der Waals surface area contributed by atoms with E-state index < -0.39 is 0 Å². The van der Waals surface area contributed by atoms with E-state index >= 15 is 0 Å². The normalized spacial score (nSPS) is 28.1. The number of nitrogens with one attached hydrogen (secondary N) is 2. The van der Waals surface area contributed by atoms with E-state index in [1.54, 1.807) is 6.08 Å². The van der Waals surface area contributed by atoms with Crippen molar-refractivity contribution in [2.45, 2.75) is 38.5 Å². The smallest absolute Gasteiger partial charge is 0.240 e. The minimum Gasteiger partial charge on any atom is -0.375 e. The lowest BCUT2D eigenvalue weighted by atomic mass is 10.1. The number of ether oxygens (including phenoxy) is 1. The van der Waals surface area contributed by atoms with Gasteiger partial charge in [-0.3, -0.25) is 4.79 Å². The maximum Gasteiger partial charge on any atom is 0.240 e. The summed E-state index contributed by atoms with van der Waals surface area (Å²) in [4.78, 5) is 11.8. The minimum absolute atomic E-state index is 0.0107. The van der Waals surface area contributed by atoms with Crippen molar-refractivity contribution in [2.75, 3.05) is 13.2 Å². The van der Waals surface area contributed by atoms with Crippen molar-refractivity contribution in [1.82, 2.24) is 10.6 Å². The van der Waals surface area contributed by atoms with Crippen LogP contribution in [0.2, 0.25) is 0 Å². The summed E-state index contributed by atoms with van der Waals surface area (Å²) < 4.78 is 5.41. The largest absolute Gasteiger partial charge is 0.375 e.